The molecule has 4 heteroatoms. The summed E-state index contributed by atoms with van der Waals surface area (Å²) in [6, 6.07) is 52.5. The van der Waals surface area contributed by atoms with Gasteiger partial charge >= 0.3 is 0 Å². The van der Waals surface area contributed by atoms with Crippen LogP contribution in [0.5, 0.6) is 23.0 Å². The van der Waals surface area contributed by atoms with Crippen LogP contribution >= 0.6 is 0 Å². The van der Waals surface area contributed by atoms with Gasteiger partial charge in [0.25, 0.3) is 0 Å². The molecule has 2 aliphatic rings. The van der Waals surface area contributed by atoms with E-state index < -0.39 is 0 Å². The average molecular weight is 592 g/mol. The summed E-state index contributed by atoms with van der Waals surface area (Å²) in [5.41, 5.74) is 11.5. The van der Waals surface area contributed by atoms with Crippen LogP contribution in [0.15, 0.2) is 156 Å². The number of benzene rings is 7. The number of hydrogen-bond acceptors (Lipinski definition) is 4. The Bertz CT molecular complexity index is 2480. The minimum atomic E-state index is 0.774. The zero-order chi connectivity index (χ0) is 30.2. The third-order valence-corrected chi connectivity index (χ3v) is 9.07. The fourth-order valence-electron chi connectivity index (χ4n) is 6.90. The molecule has 0 amide bonds. The number of anilines is 3. The molecule has 46 heavy (non-hydrogen) atoms. The molecule has 0 fully saturated rings. The molecule has 0 unspecified atom stereocenters. The maximum absolute atomic E-state index is 6.54. The SMILES string of the molecule is c1ccc(-c2ccc3c(c2)Oc2cccc4c2N3c2ccc(-c3ccc(-c5cccc6oc7ccccc7c56)cc3)cc2O4)cc1. The molecular weight excluding hydrogens is 566 g/mol. The lowest BCUT2D eigenvalue weighted by Gasteiger charge is -2.38. The number of ether oxygens (including phenoxy) is 2. The Morgan fingerprint density at radius 1 is 0.391 bits per heavy atom. The number of rotatable bonds is 3. The predicted octanol–water partition coefficient (Wildman–Crippen LogP) is 12.3. The molecule has 0 saturated carbocycles. The van der Waals surface area contributed by atoms with Gasteiger partial charge in [-0.25, -0.2) is 0 Å². The molecule has 4 nitrogen and oxygen atoms in total. The maximum Gasteiger partial charge on any atom is 0.155 e. The molecule has 0 atom stereocenters. The van der Waals surface area contributed by atoms with Crippen molar-refractivity contribution < 1.29 is 13.9 Å². The van der Waals surface area contributed by atoms with E-state index in [0.29, 0.717) is 0 Å². The van der Waals surface area contributed by atoms with Crippen LogP contribution in [0.1, 0.15) is 0 Å². The highest BCUT2D eigenvalue weighted by Gasteiger charge is 2.34. The second kappa shape index (κ2) is 9.62. The summed E-state index contributed by atoms with van der Waals surface area (Å²) in [5.74, 6) is 3.18. The molecule has 1 aromatic heterocycles. The number of fused-ring (bicyclic) bond motifs is 7. The standard InChI is InChI=1S/C42H25NO3/c1-2-8-26(9-3-1)29-20-22-33-39(24-29)45-37-14-7-15-38-42(37)43(33)34-23-21-30(25-40(34)46-38)27-16-18-28(19-17-27)31-11-6-13-36-41(31)32-10-4-5-12-35(32)44-36/h1-25H. The molecule has 2 aliphatic heterocycles. The third-order valence-electron chi connectivity index (χ3n) is 9.07. The Balaban J connectivity index is 1.04. The van der Waals surface area contributed by atoms with Crippen LogP contribution < -0.4 is 14.4 Å². The summed E-state index contributed by atoms with van der Waals surface area (Å²) in [4.78, 5) is 2.26. The van der Waals surface area contributed by atoms with E-state index in [1.54, 1.807) is 0 Å². The van der Waals surface area contributed by atoms with E-state index in [1.165, 1.54) is 0 Å². The molecular formula is C42H25NO3. The van der Waals surface area contributed by atoms with Crippen LogP contribution in [-0.2, 0) is 0 Å². The van der Waals surface area contributed by atoms with E-state index in [0.717, 1.165) is 95.4 Å². The average Bonchev–Trinajstić information content (AvgIpc) is 3.50. The first-order valence-electron chi connectivity index (χ1n) is 15.4. The number of furan rings is 1. The molecule has 0 bridgehead atoms. The lowest BCUT2D eigenvalue weighted by atomic mass is 9.96. The summed E-state index contributed by atoms with van der Waals surface area (Å²) in [7, 11) is 0. The van der Waals surface area contributed by atoms with Crippen LogP contribution in [0.4, 0.5) is 17.1 Å². The summed E-state index contributed by atoms with van der Waals surface area (Å²) >= 11 is 0. The lowest BCUT2D eigenvalue weighted by molar-refractivity contribution is 0.446. The van der Waals surface area contributed by atoms with Gasteiger partial charge in [0.05, 0.1) is 11.4 Å². The zero-order valence-electron chi connectivity index (χ0n) is 24.6. The topological polar surface area (TPSA) is 34.8 Å². The van der Waals surface area contributed by atoms with Crippen molar-refractivity contribution in [2.75, 3.05) is 4.90 Å². The minimum absolute atomic E-state index is 0.774. The zero-order valence-corrected chi connectivity index (χ0v) is 24.6. The monoisotopic (exact) mass is 591 g/mol. The number of para-hydroxylation sites is 2. The number of hydrogen-bond donors (Lipinski definition) is 0. The molecule has 0 N–H and O–H groups in total. The van der Waals surface area contributed by atoms with Gasteiger partial charge < -0.3 is 13.9 Å². The molecule has 0 aliphatic carbocycles. The minimum Gasteiger partial charge on any atom is -0.456 e. The fourth-order valence-corrected chi connectivity index (χ4v) is 6.90. The van der Waals surface area contributed by atoms with E-state index in [2.05, 4.69) is 114 Å². The van der Waals surface area contributed by atoms with Crippen molar-refractivity contribution in [1.82, 2.24) is 0 Å². The Morgan fingerprint density at radius 2 is 0.957 bits per heavy atom. The normalized spacial score (nSPS) is 12.7. The van der Waals surface area contributed by atoms with Gasteiger partial charge in [-0.3, -0.25) is 4.90 Å². The summed E-state index contributed by atoms with van der Waals surface area (Å²) in [5, 5.41) is 2.28. The van der Waals surface area contributed by atoms with Crippen molar-refractivity contribution >= 4 is 39.0 Å². The van der Waals surface area contributed by atoms with Gasteiger partial charge in [0.15, 0.2) is 23.0 Å². The van der Waals surface area contributed by atoms with E-state index in [9.17, 15) is 0 Å². The summed E-state index contributed by atoms with van der Waals surface area (Å²) in [6.07, 6.45) is 0. The molecule has 8 aromatic rings. The first kappa shape index (κ1) is 25.1. The van der Waals surface area contributed by atoms with Crippen molar-refractivity contribution in [3.05, 3.63) is 152 Å². The highest BCUT2D eigenvalue weighted by atomic mass is 16.5. The van der Waals surface area contributed by atoms with E-state index in [-0.39, 0.29) is 0 Å². The second-order valence-electron chi connectivity index (χ2n) is 11.7. The van der Waals surface area contributed by atoms with E-state index in [1.807, 2.05) is 42.5 Å². The van der Waals surface area contributed by atoms with Gasteiger partial charge in [-0.15, -0.1) is 0 Å². The first-order chi connectivity index (χ1) is 22.8. The van der Waals surface area contributed by atoms with Crippen LogP contribution in [0, 0.1) is 0 Å². The Morgan fingerprint density at radius 3 is 1.67 bits per heavy atom. The highest BCUT2D eigenvalue weighted by Crippen LogP contribution is 2.60. The van der Waals surface area contributed by atoms with Gasteiger partial charge in [-0.2, -0.15) is 0 Å². The molecule has 216 valence electrons. The Kier molecular flexibility index (Phi) is 5.25. The lowest BCUT2D eigenvalue weighted by Crippen LogP contribution is -2.20. The van der Waals surface area contributed by atoms with Crippen LogP contribution in [0.25, 0.3) is 55.3 Å². The van der Waals surface area contributed by atoms with E-state index in [4.69, 9.17) is 13.9 Å². The molecule has 7 aromatic carbocycles. The van der Waals surface area contributed by atoms with Crippen molar-refractivity contribution in [3.8, 4) is 56.4 Å². The molecule has 3 heterocycles. The van der Waals surface area contributed by atoms with Crippen molar-refractivity contribution in [1.29, 1.82) is 0 Å². The molecule has 10 rings (SSSR count). The largest absolute Gasteiger partial charge is 0.456 e. The highest BCUT2D eigenvalue weighted by molar-refractivity contribution is 6.12. The fraction of sp³-hybridized carbons (Fsp3) is 0. The molecule has 0 saturated heterocycles. The smallest absolute Gasteiger partial charge is 0.155 e. The molecule has 0 radical (unpaired) electrons. The van der Waals surface area contributed by atoms with Crippen LogP contribution in [0.3, 0.4) is 0 Å². The van der Waals surface area contributed by atoms with Gasteiger partial charge in [-0.05, 0) is 81.9 Å². The first-order valence-corrected chi connectivity index (χ1v) is 15.4. The van der Waals surface area contributed by atoms with Crippen molar-refractivity contribution in [3.63, 3.8) is 0 Å². The molecule has 0 spiro atoms. The predicted molar refractivity (Wildman–Crippen MR) is 185 cm³/mol. The van der Waals surface area contributed by atoms with Gasteiger partial charge in [0, 0.05) is 10.8 Å². The van der Waals surface area contributed by atoms with E-state index >= 15 is 0 Å². The van der Waals surface area contributed by atoms with Crippen LogP contribution in [0.2, 0.25) is 0 Å². The van der Waals surface area contributed by atoms with Crippen LogP contribution in [-0.4, -0.2) is 0 Å². The Labute approximate surface area is 265 Å². The van der Waals surface area contributed by atoms with Gasteiger partial charge in [0.1, 0.15) is 16.9 Å². The van der Waals surface area contributed by atoms with Crippen molar-refractivity contribution in [2.24, 2.45) is 0 Å². The quantitative estimate of drug-likeness (QED) is 0.205. The van der Waals surface area contributed by atoms with Gasteiger partial charge in [-0.1, -0.05) is 103 Å². The summed E-state index contributed by atoms with van der Waals surface area (Å²) < 4.78 is 19.1. The number of nitrogens with zero attached hydrogens (tertiary/aromatic N) is 1. The third kappa shape index (κ3) is 3.74. The van der Waals surface area contributed by atoms with Gasteiger partial charge in [0.2, 0.25) is 0 Å². The summed E-state index contributed by atoms with van der Waals surface area (Å²) in [6.45, 7) is 0. The van der Waals surface area contributed by atoms with Crippen molar-refractivity contribution in [2.45, 2.75) is 0 Å². The Hall–Kier alpha value is -6.26. The second-order valence-corrected chi connectivity index (χ2v) is 11.7. The maximum atomic E-state index is 6.54.